The fraction of sp³-hybridized carbons (Fsp3) is 0.375. The zero-order chi connectivity index (χ0) is 14.9. The Bertz CT molecular complexity index is 636. The maximum atomic E-state index is 12.5. The molecule has 0 atom stereocenters. The van der Waals surface area contributed by atoms with Crippen LogP contribution in [0.1, 0.15) is 48.1 Å². The number of aromatic nitrogens is 1. The molecular formula is C16H20N2O2. The lowest BCUT2D eigenvalue weighted by molar-refractivity contribution is 0.102. The van der Waals surface area contributed by atoms with Gasteiger partial charge in [-0.25, -0.2) is 0 Å². The fourth-order valence-electron chi connectivity index (χ4n) is 2.07. The predicted molar refractivity (Wildman–Crippen MR) is 79.1 cm³/mol. The lowest BCUT2D eigenvalue weighted by Crippen LogP contribution is -2.21. The van der Waals surface area contributed by atoms with Crippen LogP contribution < -0.4 is 5.32 Å². The van der Waals surface area contributed by atoms with E-state index < -0.39 is 0 Å². The highest BCUT2D eigenvalue weighted by molar-refractivity contribution is 6.05. The summed E-state index contributed by atoms with van der Waals surface area (Å²) in [6.45, 7) is 9.77. The Labute approximate surface area is 119 Å². The van der Waals surface area contributed by atoms with Crippen molar-refractivity contribution in [3.63, 3.8) is 0 Å². The molecule has 1 aromatic carbocycles. The maximum Gasteiger partial charge on any atom is 0.261 e. The standard InChI is InChI=1S/C16H20N2O2/c1-10-7-6-8-12(9-10)17-15(19)13-11(2)20-18-14(13)16(3,4)5/h6-9H,1-5H3,(H,17,19). The first kappa shape index (κ1) is 14.3. The number of aryl methyl sites for hydroxylation is 2. The third-order valence-corrected chi connectivity index (χ3v) is 3.08. The van der Waals surface area contributed by atoms with Gasteiger partial charge < -0.3 is 9.84 Å². The van der Waals surface area contributed by atoms with Gasteiger partial charge in [0.05, 0.1) is 0 Å². The van der Waals surface area contributed by atoms with Crippen molar-refractivity contribution in [2.24, 2.45) is 0 Å². The molecule has 20 heavy (non-hydrogen) atoms. The Balaban J connectivity index is 2.33. The van der Waals surface area contributed by atoms with E-state index in [9.17, 15) is 4.79 Å². The molecule has 106 valence electrons. The van der Waals surface area contributed by atoms with E-state index in [0.717, 1.165) is 11.3 Å². The van der Waals surface area contributed by atoms with E-state index in [1.807, 2.05) is 52.0 Å². The van der Waals surface area contributed by atoms with Crippen LogP contribution in [0.2, 0.25) is 0 Å². The number of carbonyl (C=O) groups excluding carboxylic acids is 1. The normalized spacial score (nSPS) is 11.4. The minimum absolute atomic E-state index is 0.181. The third kappa shape index (κ3) is 2.90. The topological polar surface area (TPSA) is 55.1 Å². The van der Waals surface area contributed by atoms with E-state index in [0.29, 0.717) is 17.0 Å². The number of hydrogen-bond acceptors (Lipinski definition) is 3. The van der Waals surface area contributed by atoms with Gasteiger partial charge in [-0.15, -0.1) is 0 Å². The molecule has 0 unspecified atom stereocenters. The average molecular weight is 272 g/mol. The van der Waals surface area contributed by atoms with Gasteiger partial charge in [0.15, 0.2) is 0 Å². The molecule has 0 spiro atoms. The summed E-state index contributed by atoms with van der Waals surface area (Å²) >= 11 is 0. The molecule has 1 N–H and O–H groups in total. The van der Waals surface area contributed by atoms with Crippen LogP contribution in [0, 0.1) is 13.8 Å². The van der Waals surface area contributed by atoms with Crippen molar-refractivity contribution in [3.8, 4) is 0 Å². The van der Waals surface area contributed by atoms with Crippen LogP contribution in [0.25, 0.3) is 0 Å². The van der Waals surface area contributed by atoms with Gasteiger partial charge in [0.2, 0.25) is 0 Å². The van der Waals surface area contributed by atoms with Crippen LogP contribution in [0.15, 0.2) is 28.8 Å². The van der Waals surface area contributed by atoms with Crippen molar-refractivity contribution < 1.29 is 9.32 Å². The van der Waals surface area contributed by atoms with Crippen LogP contribution in [0.4, 0.5) is 5.69 Å². The van der Waals surface area contributed by atoms with Crippen LogP contribution in [0.3, 0.4) is 0 Å². The summed E-state index contributed by atoms with van der Waals surface area (Å²) in [5.41, 5.74) is 2.84. The minimum Gasteiger partial charge on any atom is -0.361 e. The highest BCUT2D eigenvalue weighted by atomic mass is 16.5. The predicted octanol–water partition coefficient (Wildman–Crippen LogP) is 3.84. The first-order chi connectivity index (χ1) is 9.29. The second-order valence-corrected chi connectivity index (χ2v) is 6.04. The van der Waals surface area contributed by atoms with E-state index >= 15 is 0 Å². The van der Waals surface area contributed by atoms with E-state index in [4.69, 9.17) is 4.52 Å². The largest absolute Gasteiger partial charge is 0.361 e. The van der Waals surface area contributed by atoms with Gasteiger partial charge in [-0.2, -0.15) is 0 Å². The van der Waals surface area contributed by atoms with Crippen molar-refractivity contribution in [2.45, 2.75) is 40.0 Å². The van der Waals surface area contributed by atoms with Crippen molar-refractivity contribution in [1.82, 2.24) is 5.16 Å². The van der Waals surface area contributed by atoms with Gasteiger partial charge >= 0.3 is 0 Å². The molecule has 0 radical (unpaired) electrons. The molecule has 0 bridgehead atoms. The molecule has 0 saturated heterocycles. The van der Waals surface area contributed by atoms with Crippen molar-refractivity contribution in [3.05, 3.63) is 46.8 Å². The molecule has 0 fully saturated rings. The van der Waals surface area contributed by atoms with E-state index in [1.54, 1.807) is 6.92 Å². The summed E-state index contributed by atoms with van der Waals surface area (Å²) in [6, 6.07) is 7.69. The number of carbonyl (C=O) groups is 1. The second kappa shape index (κ2) is 5.12. The average Bonchev–Trinajstić information content (AvgIpc) is 2.71. The molecule has 1 amide bonds. The van der Waals surface area contributed by atoms with Gasteiger partial charge in [0.25, 0.3) is 5.91 Å². The van der Waals surface area contributed by atoms with Crippen LogP contribution >= 0.6 is 0 Å². The lowest BCUT2D eigenvalue weighted by atomic mass is 9.88. The summed E-state index contributed by atoms with van der Waals surface area (Å²) in [4.78, 5) is 12.5. The Morgan fingerprint density at radius 1 is 1.25 bits per heavy atom. The van der Waals surface area contributed by atoms with Gasteiger partial charge in [-0.05, 0) is 31.5 Å². The number of nitrogens with zero attached hydrogens (tertiary/aromatic N) is 1. The number of hydrogen-bond donors (Lipinski definition) is 1. The molecule has 1 heterocycles. The number of anilines is 1. The highest BCUT2D eigenvalue weighted by Crippen LogP contribution is 2.27. The molecule has 2 rings (SSSR count). The monoisotopic (exact) mass is 272 g/mol. The van der Waals surface area contributed by atoms with Crippen molar-refractivity contribution in [2.75, 3.05) is 5.32 Å². The molecule has 0 aliphatic heterocycles. The number of nitrogens with one attached hydrogen (secondary N) is 1. The number of amides is 1. The summed E-state index contributed by atoms with van der Waals surface area (Å²) in [7, 11) is 0. The first-order valence-corrected chi connectivity index (χ1v) is 6.64. The lowest BCUT2D eigenvalue weighted by Gasteiger charge is -2.16. The highest BCUT2D eigenvalue weighted by Gasteiger charge is 2.28. The summed E-state index contributed by atoms with van der Waals surface area (Å²) in [6.07, 6.45) is 0. The molecular weight excluding hydrogens is 252 g/mol. The fourth-order valence-corrected chi connectivity index (χ4v) is 2.07. The Hall–Kier alpha value is -2.10. The quantitative estimate of drug-likeness (QED) is 0.903. The van der Waals surface area contributed by atoms with Crippen LogP contribution in [-0.2, 0) is 5.41 Å². The summed E-state index contributed by atoms with van der Waals surface area (Å²) in [5, 5.41) is 6.93. The smallest absolute Gasteiger partial charge is 0.261 e. The Morgan fingerprint density at radius 3 is 2.55 bits per heavy atom. The van der Waals surface area contributed by atoms with Gasteiger partial charge in [-0.1, -0.05) is 38.1 Å². The Morgan fingerprint density at radius 2 is 1.95 bits per heavy atom. The molecule has 4 nitrogen and oxygen atoms in total. The van der Waals surface area contributed by atoms with Crippen molar-refractivity contribution >= 4 is 11.6 Å². The summed E-state index contributed by atoms with van der Waals surface area (Å²) in [5.74, 6) is 0.361. The zero-order valence-electron chi connectivity index (χ0n) is 12.6. The SMILES string of the molecule is Cc1cccc(NC(=O)c2c(C(C)(C)C)noc2C)c1. The van der Waals surface area contributed by atoms with E-state index in [-0.39, 0.29) is 11.3 Å². The molecule has 0 saturated carbocycles. The van der Waals surface area contributed by atoms with E-state index in [2.05, 4.69) is 10.5 Å². The van der Waals surface area contributed by atoms with Gasteiger partial charge in [-0.3, -0.25) is 4.79 Å². The zero-order valence-corrected chi connectivity index (χ0v) is 12.6. The number of rotatable bonds is 2. The van der Waals surface area contributed by atoms with E-state index in [1.165, 1.54) is 0 Å². The third-order valence-electron chi connectivity index (χ3n) is 3.08. The minimum atomic E-state index is -0.239. The summed E-state index contributed by atoms with van der Waals surface area (Å²) < 4.78 is 5.19. The molecule has 1 aromatic heterocycles. The van der Waals surface area contributed by atoms with Gasteiger partial charge in [0, 0.05) is 11.1 Å². The second-order valence-electron chi connectivity index (χ2n) is 6.04. The Kier molecular flexibility index (Phi) is 3.66. The first-order valence-electron chi connectivity index (χ1n) is 6.64. The molecule has 0 aliphatic rings. The van der Waals surface area contributed by atoms with Crippen LogP contribution in [0.5, 0.6) is 0 Å². The maximum absolute atomic E-state index is 12.5. The molecule has 0 aliphatic carbocycles. The van der Waals surface area contributed by atoms with Crippen LogP contribution in [-0.4, -0.2) is 11.1 Å². The molecule has 2 aromatic rings. The van der Waals surface area contributed by atoms with Gasteiger partial charge in [0.1, 0.15) is 17.0 Å². The number of benzene rings is 1. The van der Waals surface area contributed by atoms with Crippen molar-refractivity contribution in [1.29, 1.82) is 0 Å². The molecule has 4 heteroatoms.